The van der Waals surface area contributed by atoms with Gasteiger partial charge in [0, 0.05) is 26.2 Å². The molecule has 0 bridgehead atoms. The van der Waals surface area contributed by atoms with E-state index in [4.69, 9.17) is 14.2 Å². The molecule has 0 aliphatic carbocycles. The highest BCUT2D eigenvalue weighted by molar-refractivity contribution is 5.66. The van der Waals surface area contributed by atoms with Gasteiger partial charge in [-0.25, -0.2) is 0 Å². The van der Waals surface area contributed by atoms with Gasteiger partial charge in [-0.1, -0.05) is 18.6 Å². The number of allylic oxidation sites excluding steroid dienone is 1. The van der Waals surface area contributed by atoms with Gasteiger partial charge in [0.2, 0.25) is 0 Å². The van der Waals surface area contributed by atoms with Gasteiger partial charge in [0.15, 0.2) is 0 Å². The molecule has 0 radical (unpaired) electrons. The number of quaternary nitrogens is 1. The smallest absolute Gasteiger partial charge is 0.303 e. The third-order valence-electron chi connectivity index (χ3n) is 6.71. The fourth-order valence-electron chi connectivity index (χ4n) is 4.74. The van der Waals surface area contributed by atoms with Crippen molar-refractivity contribution >= 4 is 11.9 Å². The van der Waals surface area contributed by atoms with Crippen LogP contribution in [0.4, 0.5) is 0 Å². The number of esters is 2. The van der Waals surface area contributed by atoms with Crippen LogP contribution >= 0.6 is 0 Å². The van der Waals surface area contributed by atoms with Gasteiger partial charge >= 0.3 is 11.9 Å². The molecule has 1 aliphatic rings. The fourth-order valence-corrected chi connectivity index (χ4v) is 4.74. The van der Waals surface area contributed by atoms with E-state index < -0.39 is 5.60 Å². The summed E-state index contributed by atoms with van der Waals surface area (Å²) < 4.78 is 18.1. The lowest BCUT2D eigenvalue weighted by atomic mass is 9.85. The number of nitrogens with zero attached hydrogens (tertiary/aromatic N) is 1. The van der Waals surface area contributed by atoms with Gasteiger partial charge < -0.3 is 42.7 Å². The first kappa shape index (κ1) is 33.1. The van der Waals surface area contributed by atoms with Crippen molar-refractivity contribution in [3.63, 3.8) is 0 Å². The molecule has 0 saturated carbocycles. The molecule has 6 nitrogen and oxygen atoms in total. The Balaban J connectivity index is 0.0000109. The Morgan fingerprint density at radius 2 is 1.82 bits per heavy atom. The van der Waals surface area contributed by atoms with Crippen LogP contribution in [-0.4, -0.2) is 68.5 Å². The first-order chi connectivity index (χ1) is 15.2. The maximum atomic E-state index is 11.8. The largest absolute Gasteiger partial charge is 1.00 e. The van der Waals surface area contributed by atoms with Crippen LogP contribution in [0.5, 0.6) is 0 Å². The van der Waals surface area contributed by atoms with Crippen LogP contribution in [0.3, 0.4) is 0 Å². The fraction of sp³-hybridized carbons (Fsp3) is 0.778. The molecule has 1 aliphatic heterocycles. The van der Waals surface area contributed by atoms with Crippen molar-refractivity contribution < 1.29 is 52.3 Å². The van der Waals surface area contributed by atoms with E-state index in [0.717, 1.165) is 42.2 Å². The Bertz CT molecular complexity index is 708. The zero-order valence-corrected chi connectivity index (χ0v) is 25.1. The molecule has 0 aromatic rings. The standard InChI is InChI=1S/C27H48NO5.HI/c1-20(2)12-14-25(28(7,8)9)21(3)11-10-17-27(6)26(33-23(5)30)15-13-24(19-32-27)16-18-31-22(4)29;/h12,16,21,25-26H,10-11,13-15,17-19H2,1-9H3;1H/q+1;/p-1/b24-16+;/t21?,25?,26-,27+;/m1./s1. The van der Waals surface area contributed by atoms with Crippen molar-refractivity contribution in [1.82, 2.24) is 0 Å². The molecule has 0 N–H and O–H groups in total. The highest BCUT2D eigenvalue weighted by Gasteiger charge is 2.40. The Morgan fingerprint density at radius 1 is 1.18 bits per heavy atom. The molecule has 7 heteroatoms. The van der Waals surface area contributed by atoms with Crippen LogP contribution < -0.4 is 24.0 Å². The summed E-state index contributed by atoms with van der Waals surface area (Å²) in [6.07, 6.45) is 9.45. The third-order valence-corrected chi connectivity index (χ3v) is 6.71. The lowest BCUT2D eigenvalue weighted by molar-refractivity contribution is -0.899. The number of halogens is 1. The number of ether oxygens (including phenoxy) is 3. The number of carbonyl (C=O) groups excluding carboxylic acids is 2. The second-order valence-electron chi connectivity index (χ2n) is 11.0. The highest BCUT2D eigenvalue weighted by atomic mass is 127. The quantitative estimate of drug-likeness (QED) is 0.159. The predicted molar refractivity (Wildman–Crippen MR) is 133 cm³/mol. The SMILES string of the molecule is CC(=O)OC/C=C1\CC[C@@H](OC(C)=O)[C@](C)(CCCC(C)C(CC=C(C)C)[N+](C)(C)C)OC1.[I-]. The maximum Gasteiger partial charge on any atom is 0.303 e. The van der Waals surface area contributed by atoms with Gasteiger partial charge in [-0.05, 0) is 64.5 Å². The van der Waals surface area contributed by atoms with E-state index in [9.17, 15) is 9.59 Å². The molecule has 1 fully saturated rings. The third kappa shape index (κ3) is 12.2. The summed E-state index contributed by atoms with van der Waals surface area (Å²) in [6, 6.07) is 0.544. The van der Waals surface area contributed by atoms with Crippen LogP contribution in [0.1, 0.15) is 80.1 Å². The van der Waals surface area contributed by atoms with Gasteiger partial charge in [0.05, 0.1) is 33.8 Å². The van der Waals surface area contributed by atoms with Crippen LogP contribution in [0.25, 0.3) is 0 Å². The van der Waals surface area contributed by atoms with E-state index in [1.807, 2.05) is 6.08 Å². The average molecular weight is 594 g/mol. The van der Waals surface area contributed by atoms with Gasteiger partial charge in [0.25, 0.3) is 0 Å². The van der Waals surface area contributed by atoms with Crippen molar-refractivity contribution in [2.75, 3.05) is 34.4 Å². The van der Waals surface area contributed by atoms with E-state index in [0.29, 0.717) is 25.0 Å². The first-order valence-electron chi connectivity index (χ1n) is 12.3. The predicted octanol–water partition coefficient (Wildman–Crippen LogP) is 2.22. The molecule has 1 rings (SSSR count). The molecule has 1 saturated heterocycles. The van der Waals surface area contributed by atoms with Gasteiger partial charge in [-0.15, -0.1) is 0 Å². The molecular formula is C27H48INO5. The molecule has 198 valence electrons. The second-order valence-corrected chi connectivity index (χ2v) is 11.0. The van der Waals surface area contributed by atoms with Crippen LogP contribution in [0, 0.1) is 5.92 Å². The van der Waals surface area contributed by atoms with E-state index in [1.165, 1.54) is 19.4 Å². The number of hydrogen-bond donors (Lipinski definition) is 0. The van der Waals surface area contributed by atoms with E-state index in [-0.39, 0.29) is 48.6 Å². The number of hydrogen-bond acceptors (Lipinski definition) is 5. The summed E-state index contributed by atoms with van der Waals surface area (Å²) in [5.41, 5.74) is 1.91. The summed E-state index contributed by atoms with van der Waals surface area (Å²) in [5, 5.41) is 0. The number of rotatable bonds is 11. The monoisotopic (exact) mass is 593 g/mol. The van der Waals surface area contributed by atoms with Crippen LogP contribution in [0.15, 0.2) is 23.3 Å². The second kappa shape index (κ2) is 15.2. The highest BCUT2D eigenvalue weighted by Crippen LogP contribution is 2.34. The summed E-state index contributed by atoms with van der Waals surface area (Å²) in [5.74, 6) is -0.0152. The minimum absolute atomic E-state index is 0. The summed E-state index contributed by atoms with van der Waals surface area (Å²) in [4.78, 5) is 22.8. The zero-order chi connectivity index (χ0) is 25.2. The topological polar surface area (TPSA) is 61.8 Å². The normalized spacial score (nSPS) is 23.8. The molecule has 0 aromatic carbocycles. The van der Waals surface area contributed by atoms with E-state index in [2.05, 4.69) is 54.9 Å². The van der Waals surface area contributed by atoms with E-state index >= 15 is 0 Å². The Morgan fingerprint density at radius 3 is 2.35 bits per heavy atom. The molecular weight excluding hydrogens is 545 g/mol. The lowest BCUT2D eigenvalue weighted by Gasteiger charge is -2.39. The molecule has 0 spiro atoms. The lowest BCUT2D eigenvalue weighted by Crippen LogP contribution is -3.00. The van der Waals surface area contributed by atoms with E-state index in [1.54, 1.807) is 0 Å². The summed E-state index contributed by atoms with van der Waals surface area (Å²) >= 11 is 0. The molecule has 34 heavy (non-hydrogen) atoms. The summed E-state index contributed by atoms with van der Waals surface area (Å²) in [6.45, 7) is 12.3. The summed E-state index contributed by atoms with van der Waals surface area (Å²) in [7, 11) is 6.82. The van der Waals surface area contributed by atoms with Gasteiger partial charge in [-0.2, -0.15) is 0 Å². The molecule has 0 aromatic heterocycles. The van der Waals surface area contributed by atoms with Crippen molar-refractivity contribution in [2.24, 2.45) is 5.92 Å². The van der Waals surface area contributed by atoms with Crippen molar-refractivity contribution in [3.8, 4) is 0 Å². The minimum Gasteiger partial charge on any atom is -1.00 e. The Labute approximate surface area is 225 Å². The molecule has 4 atom stereocenters. The molecule has 1 heterocycles. The van der Waals surface area contributed by atoms with Crippen molar-refractivity contribution in [2.45, 2.75) is 97.8 Å². The molecule has 2 unspecified atom stereocenters. The van der Waals surface area contributed by atoms with Crippen LogP contribution in [-0.2, 0) is 23.8 Å². The minimum atomic E-state index is -0.533. The Kier molecular flexibility index (Phi) is 14.8. The van der Waals surface area contributed by atoms with Crippen LogP contribution in [0.2, 0.25) is 0 Å². The van der Waals surface area contributed by atoms with Gasteiger partial charge in [-0.3, -0.25) is 9.59 Å². The number of carbonyl (C=O) groups is 2. The maximum absolute atomic E-state index is 11.8. The average Bonchev–Trinajstić information content (AvgIpc) is 2.80. The van der Waals surface area contributed by atoms with Gasteiger partial charge in [0.1, 0.15) is 18.3 Å². The first-order valence-corrected chi connectivity index (χ1v) is 12.3. The van der Waals surface area contributed by atoms with Crippen molar-refractivity contribution in [3.05, 3.63) is 23.3 Å². The van der Waals surface area contributed by atoms with Crippen molar-refractivity contribution in [1.29, 1.82) is 0 Å². The molecule has 0 amide bonds. The zero-order valence-electron chi connectivity index (χ0n) is 22.9. The Hall–Kier alpha value is -0.930.